The van der Waals surface area contributed by atoms with Crippen LogP contribution in [0.25, 0.3) is 0 Å². The number of amides is 1. The molecule has 0 aliphatic carbocycles. The van der Waals surface area contributed by atoms with Crippen LogP contribution in [0.1, 0.15) is 53.6 Å². The molecule has 4 nitrogen and oxygen atoms in total. The number of carbonyl (C=O) groups is 1. The van der Waals surface area contributed by atoms with Gasteiger partial charge in [-0.1, -0.05) is 6.92 Å². The molecule has 1 amide bonds. The van der Waals surface area contributed by atoms with E-state index in [0.29, 0.717) is 6.04 Å². The summed E-state index contributed by atoms with van der Waals surface area (Å²) in [7, 11) is 0. The standard InChI is InChI=1S/C16H26N2O2/c1-5-10-18(14-6-8-17-9-7-14)16(19)15-11(2)12(3)20-13(15)4/h14,17H,5-10H2,1-4H3. The molecule has 1 aromatic rings. The molecule has 0 unspecified atom stereocenters. The van der Waals surface area contributed by atoms with E-state index in [1.54, 1.807) is 0 Å². The molecule has 0 aromatic carbocycles. The highest BCUT2D eigenvalue weighted by Crippen LogP contribution is 2.24. The maximum Gasteiger partial charge on any atom is 0.257 e. The first-order valence-corrected chi connectivity index (χ1v) is 7.64. The summed E-state index contributed by atoms with van der Waals surface area (Å²) >= 11 is 0. The number of hydrogen-bond acceptors (Lipinski definition) is 3. The van der Waals surface area contributed by atoms with Gasteiger partial charge in [0.1, 0.15) is 11.5 Å². The van der Waals surface area contributed by atoms with Gasteiger partial charge in [-0.3, -0.25) is 4.79 Å². The number of hydrogen-bond donors (Lipinski definition) is 1. The SMILES string of the molecule is CCCN(C(=O)c1c(C)oc(C)c1C)C1CCNCC1. The van der Waals surface area contributed by atoms with Crippen LogP contribution in [0.15, 0.2) is 4.42 Å². The fourth-order valence-corrected chi connectivity index (χ4v) is 3.06. The predicted molar refractivity (Wildman–Crippen MR) is 80.1 cm³/mol. The third-order valence-electron chi connectivity index (χ3n) is 4.25. The first-order chi connectivity index (χ1) is 9.56. The van der Waals surface area contributed by atoms with Gasteiger partial charge in [-0.2, -0.15) is 0 Å². The Hall–Kier alpha value is -1.29. The van der Waals surface area contributed by atoms with E-state index in [4.69, 9.17) is 4.42 Å². The van der Waals surface area contributed by atoms with Gasteiger partial charge in [0.15, 0.2) is 0 Å². The number of piperidine rings is 1. The zero-order chi connectivity index (χ0) is 14.7. The Morgan fingerprint density at radius 3 is 2.40 bits per heavy atom. The molecule has 0 atom stereocenters. The van der Waals surface area contributed by atoms with Crippen LogP contribution < -0.4 is 5.32 Å². The van der Waals surface area contributed by atoms with Crippen molar-refractivity contribution >= 4 is 5.91 Å². The molecule has 0 spiro atoms. The molecule has 1 fully saturated rings. The van der Waals surface area contributed by atoms with Crippen LogP contribution in [-0.2, 0) is 0 Å². The Bertz CT molecular complexity index is 473. The number of furan rings is 1. The lowest BCUT2D eigenvalue weighted by molar-refractivity contribution is 0.0640. The summed E-state index contributed by atoms with van der Waals surface area (Å²) in [5, 5.41) is 3.36. The van der Waals surface area contributed by atoms with Gasteiger partial charge in [-0.05, 0) is 53.1 Å². The smallest absolute Gasteiger partial charge is 0.257 e. The van der Waals surface area contributed by atoms with E-state index < -0.39 is 0 Å². The first kappa shape index (κ1) is 15.1. The zero-order valence-corrected chi connectivity index (χ0v) is 13.1. The van der Waals surface area contributed by atoms with Gasteiger partial charge < -0.3 is 14.6 Å². The second-order valence-electron chi connectivity index (χ2n) is 5.69. The summed E-state index contributed by atoms with van der Waals surface area (Å²) in [6.07, 6.45) is 3.08. The Morgan fingerprint density at radius 1 is 1.25 bits per heavy atom. The lowest BCUT2D eigenvalue weighted by Crippen LogP contribution is -2.46. The van der Waals surface area contributed by atoms with E-state index in [2.05, 4.69) is 17.1 Å². The average molecular weight is 278 g/mol. The topological polar surface area (TPSA) is 45.5 Å². The number of aryl methyl sites for hydroxylation is 2. The third-order valence-corrected chi connectivity index (χ3v) is 4.25. The molecular weight excluding hydrogens is 252 g/mol. The van der Waals surface area contributed by atoms with Crippen LogP contribution >= 0.6 is 0 Å². The summed E-state index contributed by atoms with van der Waals surface area (Å²) in [6.45, 7) is 10.7. The van der Waals surface area contributed by atoms with Gasteiger partial charge in [-0.25, -0.2) is 0 Å². The molecular formula is C16H26N2O2. The highest BCUT2D eigenvalue weighted by Gasteiger charge is 2.29. The molecule has 1 aliphatic rings. The number of nitrogens with zero attached hydrogens (tertiary/aromatic N) is 1. The molecule has 20 heavy (non-hydrogen) atoms. The van der Waals surface area contributed by atoms with Crippen molar-refractivity contribution in [2.75, 3.05) is 19.6 Å². The molecule has 2 heterocycles. The Kier molecular flexibility index (Phi) is 4.86. The second-order valence-corrected chi connectivity index (χ2v) is 5.69. The van der Waals surface area contributed by atoms with Gasteiger partial charge >= 0.3 is 0 Å². The molecule has 0 radical (unpaired) electrons. The fourth-order valence-electron chi connectivity index (χ4n) is 3.06. The first-order valence-electron chi connectivity index (χ1n) is 7.64. The largest absolute Gasteiger partial charge is 0.466 e. The van der Waals surface area contributed by atoms with Crippen LogP contribution in [0, 0.1) is 20.8 Å². The summed E-state index contributed by atoms with van der Waals surface area (Å²) < 4.78 is 5.62. The summed E-state index contributed by atoms with van der Waals surface area (Å²) in [4.78, 5) is 15.0. The zero-order valence-electron chi connectivity index (χ0n) is 13.1. The molecule has 1 aromatic heterocycles. The number of carbonyl (C=O) groups excluding carboxylic acids is 1. The van der Waals surface area contributed by atoms with E-state index in [-0.39, 0.29) is 5.91 Å². The number of nitrogens with one attached hydrogen (secondary N) is 1. The average Bonchev–Trinajstić information content (AvgIpc) is 2.70. The Balaban J connectivity index is 2.26. The van der Waals surface area contributed by atoms with Gasteiger partial charge in [0.2, 0.25) is 0 Å². The molecule has 1 saturated heterocycles. The van der Waals surface area contributed by atoms with Crippen molar-refractivity contribution in [2.24, 2.45) is 0 Å². The van der Waals surface area contributed by atoms with Crippen molar-refractivity contribution in [1.82, 2.24) is 10.2 Å². The van der Waals surface area contributed by atoms with Gasteiger partial charge in [0, 0.05) is 18.2 Å². The van der Waals surface area contributed by atoms with Crippen molar-refractivity contribution in [3.8, 4) is 0 Å². The van der Waals surface area contributed by atoms with Crippen molar-refractivity contribution in [1.29, 1.82) is 0 Å². The van der Waals surface area contributed by atoms with Gasteiger partial charge in [-0.15, -0.1) is 0 Å². The van der Waals surface area contributed by atoms with Gasteiger partial charge in [0.25, 0.3) is 5.91 Å². The molecule has 1 N–H and O–H groups in total. The molecule has 4 heteroatoms. The molecule has 2 rings (SSSR count). The fraction of sp³-hybridized carbons (Fsp3) is 0.688. The molecule has 0 bridgehead atoms. The maximum atomic E-state index is 12.9. The van der Waals surface area contributed by atoms with Crippen LogP contribution in [0.2, 0.25) is 0 Å². The molecule has 0 saturated carbocycles. The van der Waals surface area contributed by atoms with Crippen molar-refractivity contribution in [3.05, 3.63) is 22.6 Å². The van der Waals surface area contributed by atoms with Crippen molar-refractivity contribution in [3.63, 3.8) is 0 Å². The van der Waals surface area contributed by atoms with E-state index in [1.165, 1.54) is 0 Å². The van der Waals surface area contributed by atoms with Crippen molar-refractivity contribution < 1.29 is 9.21 Å². The second kappa shape index (κ2) is 6.44. The lowest BCUT2D eigenvalue weighted by atomic mass is 10.0. The quantitative estimate of drug-likeness (QED) is 0.921. The van der Waals surface area contributed by atoms with Crippen LogP contribution in [0.4, 0.5) is 0 Å². The minimum atomic E-state index is 0.144. The number of rotatable bonds is 4. The third kappa shape index (κ3) is 2.90. The van der Waals surface area contributed by atoms with Gasteiger partial charge in [0.05, 0.1) is 5.56 Å². The summed E-state index contributed by atoms with van der Waals surface area (Å²) in [5.41, 5.74) is 1.76. The Labute approximate surface area is 121 Å². The van der Waals surface area contributed by atoms with E-state index in [1.807, 2.05) is 20.8 Å². The molecule has 1 aliphatic heterocycles. The predicted octanol–water partition coefficient (Wildman–Crippen LogP) is 2.81. The monoisotopic (exact) mass is 278 g/mol. The van der Waals surface area contributed by atoms with E-state index in [9.17, 15) is 4.79 Å². The normalized spacial score (nSPS) is 16.4. The minimum Gasteiger partial charge on any atom is -0.466 e. The van der Waals surface area contributed by atoms with E-state index in [0.717, 1.165) is 61.5 Å². The molecule has 112 valence electrons. The lowest BCUT2D eigenvalue weighted by Gasteiger charge is -2.34. The van der Waals surface area contributed by atoms with E-state index >= 15 is 0 Å². The maximum absolute atomic E-state index is 12.9. The van der Waals surface area contributed by atoms with Crippen LogP contribution in [0.3, 0.4) is 0 Å². The highest BCUT2D eigenvalue weighted by atomic mass is 16.3. The Morgan fingerprint density at radius 2 is 1.90 bits per heavy atom. The summed E-state index contributed by atoms with van der Waals surface area (Å²) in [5.74, 6) is 1.75. The van der Waals surface area contributed by atoms with Crippen molar-refractivity contribution in [2.45, 2.75) is 53.0 Å². The summed E-state index contributed by atoms with van der Waals surface area (Å²) in [6, 6.07) is 0.359. The van der Waals surface area contributed by atoms with Crippen LogP contribution in [-0.4, -0.2) is 36.5 Å². The van der Waals surface area contributed by atoms with Crippen LogP contribution in [0.5, 0.6) is 0 Å². The highest BCUT2D eigenvalue weighted by molar-refractivity contribution is 5.97. The minimum absolute atomic E-state index is 0.144.